The average Bonchev–Trinajstić information content (AvgIpc) is 3.14. The molecule has 0 radical (unpaired) electrons. The van der Waals surface area contributed by atoms with Gasteiger partial charge in [-0.25, -0.2) is 9.78 Å². The first kappa shape index (κ1) is 27.7. The first-order valence-electron chi connectivity index (χ1n) is 10.4. The molecule has 178 valence electrons. The first-order valence-corrected chi connectivity index (χ1v) is 10.4. The number of rotatable bonds is 6. The number of nitrogens with one attached hydrogen (secondary N) is 3. The number of anilines is 1. The average molecular weight is 557 g/mol. The van der Waals surface area contributed by atoms with Crippen LogP contribution in [0.2, 0.25) is 0 Å². The molecule has 1 amide bonds. The second kappa shape index (κ2) is 12.1. The van der Waals surface area contributed by atoms with E-state index in [4.69, 9.17) is 9.15 Å². The Labute approximate surface area is 208 Å². The molecule has 32 heavy (non-hydrogen) atoms. The largest absolute Gasteiger partial charge is 0.444 e. The lowest BCUT2D eigenvalue weighted by Crippen LogP contribution is -2.37. The van der Waals surface area contributed by atoms with Gasteiger partial charge in [-0.3, -0.25) is 10.3 Å². The highest BCUT2D eigenvalue weighted by Crippen LogP contribution is 2.22. The number of hydrogen-bond donors (Lipinski definition) is 3. The van der Waals surface area contributed by atoms with E-state index in [-0.39, 0.29) is 29.4 Å². The van der Waals surface area contributed by atoms with Crippen LogP contribution in [0.3, 0.4) is 0 Å². The van der Waals surface area contributed by atoms with Crippen molar-refractivity contribution in [2.75, 3.05) is 18.9 Å². The minimum absolute atomic E-state index is 0. The zero-order valence-electron chi connectivity index (χ0n) is 20.0. The quantitative estimate of drug-likeness (QED) is 0.267. The molecule has 0 saturated carbocycles. The van der Waals surface area contributed by atoms with Crippen LogP contribution in [0.4, 0.5) is 10.5 Å². The first-order chi connectivity index (χ1) is 14.5. The van der Waals surface area contributed by atoms with Crippen molar-refractivity contribution in [3.8, 4) is 0 Å². The number of benzene rings is 1. The minimum atomic E-state index is -0.524. The highest BCUT2D eigenvalue weighted by Gasteiger charge is 2.19. The van der Waals surface area contributed by atoms with E-state index >= 15 is 0 Å². The Kier molecular flexibility index (Phi) is 10.5. The summed E-state index contributed by atoms with van der Waals surface area (Å²) in [6, 6.07) is 7.68. The predicted octanol–water partition coefficient (Wildman–Crippen LogP) is 4.84. The number of aliphatic imine (C=N–C) groups is 1. The molecule has 9 heteroatoms. The van der Waals surface area contributed by atoms with Gasteiger partial charge in [0.1, 0.15) is 11.4 Å². The smallest absolute Gasteiger partial charge is 0.412 e. The van der Waals surface area contributed by atoms with E-state index in [1.807, 2.05) is 45.0 Å². The number of hydrogen-bond acceptors (Lipinski definition) is 5. The van der Waals surface area contributed by atoms with Crippen LogP contribution in [-0.2, 0) is 23.1 Å². The van der Waals surface area contributed by atoms with Gasteiger partial charge in [-0.1, -0.05) is 32.9 Å². The number of amides is 1. The van der Waals surface area contributed by atoms with Crippen molar-refractivity contribution < 1.29 is 13.9 Å². The molecule has 0 saturated heterocycles. The maximum absolute atomic E-state index is 11.8. The lowest BCUT2D eigenvalue weighted by Gasteiger charge is -2.19. The molecule has 3 N–H and O–H groups in total. The summed E-state index contributed by atoms with van der Waals surface area (Å²) < 4.78 is 11.0. The normalized spacial score (nSPS) is 12.0. The van der Waals surface area contributed by atoms with Crippen LogP contribution in [0.1, 0.15) is 58.8 Å². The van der Waals surface area contributed by atoms with Gasteiger partial charge in [0.25, 0.3) is 0 Å². The van der Waals surface area contributed by atoms with Gasteiger partial charge in [0.15, 0.2) is 5.96 Å². The van der Waals surface area contributed by atoms with Crippen molar-refractivity contribution in [3.63, 3.8) is 0 Å². The lowest BCUT2D eigenvalue weighted by atomic mass is 9.94. The summed E-state index contributed by atoms with van der Waals surface area (Å²) in [6.45, 7) is 12.9. The second-order valence-corrected chi connectivity index (χ2v) is 9.29. The highest BCUT2D eigenvalue weighted by molar-refractivity contribution is 14.0. The summed E-state index contributed by atoms with van der Waals surface area (Å²) in [6.07, 6.45) is 2.12. The standard InChI is InChI=1S/C23H35N5O3.HI/c1-22(2,3)18-14-26-19(30-18)15-27-20(24-7)25-13-12-16-8-10-17(11-9-16)28-21(29)31-23(4,5)6;/h8-11,14H,12-13,15H2,1-7H3,(H,28,29)(H2,24,25,27);1H. The van der Waals surface area contributed by atoms with Crippen LogP contribution in [0.25, 0.3) is 0 Å². The molecule has 2 aromatic rings. The van der Waals surface area contributed by atoms with Gasteiger partial charge in [-0.05, 0) is 44.9 Å². The van der Waals surface area contributed by atoms with Crippen LogP contribution in [0.15, 0.2) is 39.9 Å². The van der Waals surface area contributed by atoms with Gasteiger partial charge >= 0.3 is 6.09 Å². The maximum atomic E-state index is 11.8. The third-order valence-electron chi connectivity index (χ3n) is 4.23. The summed E-state index contributed by atoms with van der Waals surface area (Å²) in [5.41, 5.74) is 1.25. The zero-order chi connectivity index (χ0) is 23.1. The van der Waals surface area contributed by atoms with E-state index < -0.39 is 11.7 Å². The number of aromatic nitrogens is 1. The number of carbonyl (C=O) groups is 1. The number of carbonyl (C=O) groups excluding carboxylic acids is 1. The monoisotopic (exact) mass is 557 g/mol. The van der Waals surface area contributed by atoms with Gasteiger partial charge < -0.3 is 19.8 Å². The fourth-order valence-electron chi connectivity index (χ4n) is 2.62. The minimum Gasteiger partial charge on any atom is -0.444 e. The fraction of sp³-hybridized carbons (Fsp3) is 0.522. The Morgan fingerprint density at radius 1 is 1.09 bits per heavy atom. The maximum Gasteiger partial charge on any atom is 0.412 e. The van der Waals surface area contributed by atoms with Crippen molar-refractivity contribution in [1.82, 2.24) is 15.6 Å². The van der Waals surface area contributed by atoms with Crippen LogP contribution in [-0.4, -0.2) is 36.2 Å². The van der Waals surface area contributed by atoms with Crippen molar-refractivity contribution in [2.45, 2.75) is 65.5 Å². The van der Waals surface area contributed by atoms with E-state index in [1.165, 1.54) is 0 Å². The Bertz CT molecular complexity index is 880. The van der Waals surface area contributed by atoms with Crippen LogP contribution in [0, 0.1) is 0 Å². The second-order valence-electron chi connectivity index (χ2n) is 9.29. The van der Waals surface area contributed by atoms with Crippen LogP contribution >= 0.6 is 24.0 Å². The van der Waals surface area contributed by atoms with E-state index in [0.717, 1.165) is 17.7 Å². The van der Waals surface area contributed by atoms with Crippen molar-refractivity contribution >= 4 is 41.7 Å². The fourth-order valence-corrected chi connectivity index (χ4v) is 2.62. The lowest BCUT2D eigenvalue weighted by molar-refractivity contribution is 0.0636. The van der Waals surface area contributed by atoms with Crippen molar-refractivity contribution in [1.29, 1.82) is 0 Å². The Hall–Kier alpha value is -2.30. The summed E-state index contributed by atoms with van der Waals surface area (Å²) in [5.74, 6) is 2.16. The van der Waals surface area contributed by atoms with Crippen molar-refractivity contribution in [3.05, 3.63) is 47.7 Å². The number of guanidine groups is 1. The molecular weight excluding hydrogens is 521 g/mol. The topological polar surface area (TPSA) is 101 Å². The van der Waals surface area contributed by atoms with Crippen LogP contribution < -0.4 is 16.0 Å². The van der Waals surface area contributed by atoms with Gasteiger partial charge in [0.2, 0.25) is 5.89 Å². The molecule has 2 rings (SSSR count). The zero-order valence-corrected chi connectivity index (χ0v) is 22.4. The summed E-state index contributed by atoms with van der Waals surface area (Å²) in [5, 5.41) is 9.22. The Morgan fingerprint density at radius 2 is 1.75 bits per heavy atom. The predicted molar refractivity (Wildman–Crippen MR) is 139 cm³/mol. The van der Waals surface area contributed by atoms with Crippen LogP contribution in [0.5, 0.6) is 0 Å². The van der Waals surface area contributed by atoms with Gasteiger partial charge in [0, 0.05) is 24.7 Å². The molecular formula is C23H36IN5O3. The molecule has 0 unspecified atom stereocenters. The van der Waals surface area contributed by atoms with Gasteiger partial charge in [0.05, 0.1) is 12.7 Å². The third kappa shape index (κ3) is 9.88. The van der Waals surface area contributed by atoms with Gasteiger partial charge in [-0.15, -0.1) is 24.0 Å². The van der Waals surface area contributed by atoms with Crippen molar-refractivity contribution in [2.24, 2.45) is 4.99 Å². The molecule has 0 aliphatic carbocycles. The molecule has 0 fully saturated rings. The van der Waals surface area contributed by atoms with E-state index in [2.05, 4.69) is 46.7 Å². The molecule has 0 atom stereocenters. The molecule has 0 spiro atoms. The van der Waals surface area contributed by atoms with E-state index in [0.29, 0.717) is 30.6 Å². The molecule has 0 aliphatic heterocycles. The van der Waals surface area contributed by atoms with E-state index in [1.54, 1.807) is 13.2 Å². The molecule has 1 aromatic carbocycles. The number of nitrogens with zero attached hydrogens (tertiary/aromatic N) is 2. The molecule has 0 aliphatic rings. The SMILES string of the molecule is CN=C(NCCc1ccc(NC(=O)OC(C)(C)C)cc1)NCc1ncc(C(C)(C)C)o1.I. The molecule has 1 aromatic heterocycles. The molecule has 8 nitrogen and oxygen atoms in total. The third-order valence-corrected chi connectivity index (χ3v) is 4.23. The number of oxazole rings is 1. The Morgan fingerprint density at radius 3 is 2.28 bits per heavy atom. The highest BCUT2D eigenvalue weighted by atomic mass is 127. The summed E-state index contributed by atoms with van der Waals surface area (Å²) in [4.78, 5) is 20.4. The number of halogens is 1. The molecule has 1 heterocycles. The van der Waals surface area contributed by atoms with Gasteiger partial charge in [-0.2, -0.15) is 0 Å². The Balaban J connectivity index is 0.00000512. The molecule has 0 bridgehead atoms. The number of ether oxygens (including phenoxy) is 1. The van der Waals surface area contributed by atoms with E-state index in [9.17, 15) is 4.79 Å². The summed E-state index contributed by atoms with van der Waals surface area (Å²) >= 11 is 0. The summed E-state index contributed by atoms with van der Waals surface area (Å²) in [7, 11) is 1.72.